The van der Waals surface area contributed by atoms with Crippen molar-refractivity contribution in [2.24, 2.45) is 7.05 Å². The first kappa shape index (κ1) is 18.8. The van der Waals surface area contributed by atoms with Crippen molar-refractivity contribution in [2.45, 2.75) is 44.8 Å². The van der Waals surface area contributed by atoms with Crippen molar-refractivity contribution in [3.63, 3.8) is 0 Å². The Morgan fingerprint density at radius 2 is 1.90 bits per heavy atom. The summed E-state index contributed by atoms with van der Waals surface area (Å²) in [5.41, 5.74) is 5.02. The summed E-state index contributed by atoms with van der Waals surface area (Å²) in [5, 5.41) is 21.3. The van der Waals surface area contributed by atoms with Crippen LogP contribution in [0.25, 0.3) is 17.0 Å². The van der Waals surface area contributed by atoms with Crippen molar-refractivity contribution < 1.29 is 13.2 Å². The molecule has 0 N–H and O–H groups in total. The van der Waals surface area contributed by atoms with E-state index >= 15 is 0 Å². The van der Waals surface area contributed by atoms with Gasteiger partial charge in [-0.3, -0.25) is 9.36 Å². The molecule has 0 radical (unpaired) electrons. The maximum atomic E-state index is 12.6. The second kappa shape index (κ2) is 6.38. The number of halogens is 3. The van der Waals surface area contributed by atoms with Crippen molar-refractivity contribution in [2.75, 3.05) is 0 Å². The van der Waals surface area contributed by atoms with Crippen molar-refractivity contribution in [3.8, 4) is 11.4 Å². The minimum atomic E-state index is -4.28. The van der Waals surface area contributed by atoms with Gasteiger partial charge in [-0.15, -0.1) is 10.2 Å². The summed E-state index contributed by atoms with van der Waals surface area (Å²) in [6, 6.07) is 3.95. The van der Waals surface area contributed by atoms with Gasteiger partial charge in [-0.2, -0.15) is 33.0 Å². The van der Waals surface area contributed by atoms with E-state index in [1.165, 1.54) is 12.4 Å². The third-order valence-electron chi connectivity index (χ3n) is 5.46. The first-order chi connectivity index (χ1) is 14.2. The number of alkyl halides is 3. The lowest BCUT2D eigenvalue weighted by Gasteiger charge is -2.04. The van der Waals surface area contributed by atoms with Crippen LogP contribution in [0.4, 0.5) is 13.2 Å². The third-order valence-corrected chi connectivity index (χ3v) is 5.46. The van der Waals surface area contributed by atoms with Gasteiger partial charge in [0.15, 0.2) is 11.5 Å². The fourth-order valence-corrected chi connectivity index (χ4v) is 3.90. The smallest absolute Gasteiger partial charge is 0.266 e. The molecule has 0 saturated heterocycles. The number of hydrogen-bond donors (Lipinski definition) is 0. The van der Waals surface area contributed by atoms with Gasteiger partial charge in [0.25, 0.3) is 0 Å². The molecule has 30 heavy (non-hydrogen) atoms. The monoisotopic (exact) mass is 416 g/mol. The molecule has 2 unspecified atom stereocenters. The number of nitrogens with zero attached hydrogens (tertiary/aromatic N) is 8. The van der Waals surface area contributed by atoms with Gasteiger partial charge in [-0.05, 0) is 49.4 Å². The number of rotatable bonds is 4. The Bertz CT molecular complexity index is 1250. The Balaban J connectivity index is 1.40. The summed E-state index contributed by atoms with van der Waals surface area (Å²) in [4.78, 5) is 0. The lowest BCUT2D eigenvalue weighted by molar-refractivity contribution is -0.142. The molecule has 156 valence electrons. The minimum absolute atomic E-state index is 0.131. The topological polar surface area (TPSA) is 78.7 Å². The van der Waals surface area contributed by atoms with E-state index in [9.17, 15) is 13.2 Å². The second-order valence-electron chi connectivity index (χ2n) is 7.81. The van der Waals surface area contributed by atoms with Gasteiger partial charge in [-0.1, -0.05) is 0 Å². The van der Waals surface area contributed by atoms with E-state index in [2.05, 4.69) is 25.5 Å². The lowest BCUT2D eigenvalue weighted by Crippen LogP contribution is -2.17. The Morgan fingerprint density at radius 3 is 2.67 bits per heavy atom. The maximum absolute atomic E-state index is 12.6. The van der Waals surface area contributed by atoms with Crippen LogP contribution in [0.1, 0.15) is 40.9 Å². The molecule has 0 amide bonds. The van der Waals surface area contributed by atoms with Crippen molar-refractivity contribution in [1.29, 1.82) is 0 Å². The van der Waals surface area contributed by atoms with Crippen LogP contribution in [0.2, 0.25) is 0 Å². The highest BCUT2D eigenvalue weighted by Gasteiger charge is 2.42. The van der Waals surface area contributed by atoms with Gasteiger partial charge in [0, 0.05) is 19.2 Å². The highest BCUT2D eigenvalue weighted by Crippen LogP contribution is 2.54. The Kier molecular flexibility index (Phi) is 3.99. The first-order valence-electron chi connectivity index (χ1n) is 9.52. The van der Waals surface area contributed by atoms with Crippen LogP contribution >= 0.6 is 0 Å². The molecule has 1 fully saturated rings. The summed E-state index contributed by atoms with van der Waals surface area (Å²) >= 11 is 0. The molecule has 11 heteroatoms. The molecule has 1 saturated carbocycles. The molecule has 4 aromatic rings. The van der Waals surface area contributed by atoms with Gasteiger partial charge in [-0.25, -0.2) is 0 Å². The van der Waals surface area contributed by atoms with E-state index in [0.29, 0.717) is 5.82 Å². The molecule has 0 spiro atoms. The molecule has 1 aliphatic carbocycles. The molecule has 5 rings (SSSR count). The Morgan fingerprint density at radius 1 is 1.10 bits per heavy atom. The predicted molar refractivity (Wildman–Crippen MR) is 101 cm³/mol. The number of aromatic nitrogens is 8. The fourth-order valence-electron chi connectivity index (χ4n) is 3.90. The molecule has 1 aliphatic rings. The zero-order valence-corrected chi connectivity index (χ0v) is 16.6. The highest BCUT2D eigenvalue weighted by molar-refractivity contribution is 5.60. The molecule has 0 aliphatic heterocycles. The predicted octanol–water partition coefficient (Wildman–Crippen LogP) is 3.17. The summed E-state index contributed by atoms with van der Waals surface area (Å²) < 4.78 is 42.1. The minimum Gasteiger partial charge on any atom is -0.266 e. The van der Waals surface area contributed by atoms with E-state index in [1.807, 2.05) is 33.0 Å². The van der Waals surface area contributed by atoms with Crippen LogP contribution in [0.15, 0.2) is 24.5 Å². The van der Waals surface area contributed by atoms with E-state index in [4.69, 9.17) is 0 Å². The van der Waals surface area contributed by atoms with Gasteiger partial charge < -0.3 is 0 Å². The van der Waals surface area contributed by atoms with E-state index in [1.54, 1.807) is 9.20 Å². The first-order valence-corrected chi connectivity index (χ1v) is 9.52. The van der Waals surface area contributed by atoms with Crippen molar-refractivity contribution in [1.82, 2.24) is 39.4 Å². The average molecular weight is 416 g/mol. The Hall–Kier alpha value is -3.24. The molecule has 8 nitrogen and oxygen atoms in total. The third kappa shape index (κ3) is 3.23. The zero-order valence-electron chi connectivity index (χ0n) is 16.6. The highest BCUT2D eigenvalue weighted by atomic mass is 19.4. The average Bonchev–Trinajstić information content (AvgIpc) is 2.95. The molecule has 0 aromatic carbocycles. The standard InChI is InChI=1S/C19H19F3N8/c1-10-4-16(27-30-11(2)24-25-18(10)30)17-6-15(26-28(17)3)14-5-13(14)12-7-23-29(8-12)9-19(20,21)22/h4,6-8,13-14H,5,9H2,1-3H3. The summed E-state index contributed by atoms with van der Waals surface area (Å²) in [7, 11) is 1.86. The summed E-state index contributed by atoms with van der Waals surface area (Å²) in [5.74, 6) is 0.998. The second-order valence-corrected chi connectivity index (χ2v) is 7.81. The largest absolute Gasteiger partial charge is 0.408 e. The molecule has 4 aromatic heterocycles. The zero-order chi connectivity index (χ0) is 21.2. The van der Waals surface area contributed by atoms with E-state index in [0.717, 1.165) is 45.0 Å². The van der Waals surface area contributed by atoms with Crippen LogP contribution < -0.4 is 0 Å². The summed E-state index contributed by atoms with van der Waals surface area (Å²) in [6.07, 6.45) is -0.439. The van der Waals surface area contributed by atoms with Crippen molar-refractivity contribution in [3.05, 3.63) is 47.2 Å². The summed E-state index contributed by atoms with van der Waals surface area (Å²) in [6.45, 7) is 2.73. The molecule has 2 atom stereocenters. The van der Waals surface area contributed by atoms with Gasteiger partial charge >= 0.3 is 6.18 Å². The SMILES string of the molecule is Cc1cc(-c2cc(C3CC3c3cnn(CC(F)(F)F)c3)nn2C)nn2c(C)nnc12. The quantitative estimate of drug-likeness (QED) is 0.511. The molecule has 0 bridgehead atoms. The number of aryl methyl sites for hydroxylation is 3. The van der Waals surface area contributed by atoms with Gasteiger partial charge in [0.1, 0.15) is 12.2 Å². The van der Waals surface area contributed by atoms with E-state index < -0.39 is 12.7 Å². The molecular weight excluding hydrogens is 397 g/mol. The molecular formula is C19H19F3N8. The van der Waals surface area contributed by atoms with Crippen LogP contribution in [0.3, 0.4) is 0 Å². The van der Waals surface area contributed by atoms with Crippen LogP contribution in [0, 0.1) is 13.8 Å². The number of hydrogen-bond acceptors (Lipinski definition) is 5. The maximum Gasteiger partial charge on any atom is 0.408 e. The van der Waals surface area contributed by atoms with Crippen LogP contribution in [-0.2, 0) is 13.6 Å². The molecule has 4 heterocycles. The normalized spacial score (nSPS) is 19.0. The lowest BCUT2D eigenvalue weighted by atomic mass is 10.1. The van der Waals surface area contributed by atoms with E-state index in [-0.39, 0.29) is 11.8 Å². The van der Waals surface area contributed by atoms with Crippen LogP contribution in [0.5, 0.6) is 0 Å². The Labute approximate surface area is 169 Å². The van der Waals surface area contributed by atoms with Crippen LogP contribution in [-0.4, -0.2) is 45.5 Å². The van der Waals surface area contributed by atoms with Gasteiger partial charge in [0.2, 0.25) is 0 Å². The van der Waals surface area contributed by atoms with Crippen molar-refractivity contribution >= 4 is 5.65 Å². The number of fused-ring (bicyclic) bond motifs is 1. The fraction of sp³-hybridized carbons (Fsp3) is 0.421. The van der Waals surface area contributed by atoms with Gasteiger partial charge in [0.05, 0.1) is 17.6 Å².